The Morgan fingerprint density at radius 3 is 2.43 bits per heavy atom. The standard InChI is InChI=1S/C21H29N3O5S/c25-20(13-29-21(26)15-6-9-19(22-12-15)23-16-7-8-16)24(17-4-2-1-3-5-17)18-10-11-30(27,28)14-18/h6,9,12,16-18H,1-5,7-8,10-11,13-14H2,(H,22,23). The summed E-state index contributed by atoms with van der Waals surface area (Å²) in [4.78, 5) is 31.3. The van der Waals surface area contributed by atoms with E-state index < -0.39 is 15.8 Å². The van der Waals surface area contributed by atoms with Crippen LogP contribution in [0.25, 0.3) is 0 Å². The molecule has 0 bridgehead atoms. The highest BCUT2D eigenvalue weighted by molar-refractivity contribution is 7.91. The third-order valence-electron chi connectivity index (χ3n) is 6.11. The molecule has 1 saturated heterocycles. The smallest absolute Gasteiger partial charge is 0.340 e. The molecule has 1 amide bonds. The molecule has 4 rings (SSSR count). The number of nitrogens with zero attached hydrogens (tertiary/aromatic N) is 2. The molecule has 0 radical (unpaired) electrons. The lowest BCUT2D eigenvalue weighted by atomic mass is 9.93. The van der Waals surface area contributed by atoms with Crippen LogP contribution in [0, 0.1) is 0 Å². The SMILES string of the molecule is O=C(OCC(=O)N(C1CCCCC1)C1CCS(=O)(=O)C1)c1ccc(NC2CC2)nc1. The van der Waals surface area contributed by atoms with Gasteiger partial charge in [-0.05, 0) is 44.2 Å². The van der Waals surface area contributed by atoms with Crippen molar-refractivity contribution in [1.29, 1.82) is 0 Å². The maximum Gasteiger partial charge on any atom is 0.340 e. The van der Waals surface area contributed by atoms with Crippen molar-refractivity contribution in [2.75, 3.05) is 23.4 Å². The van der Waals surface area contributed by atoms with Crippen molar-refractivity contribution in [3.8, 4) is 0 Å². The highest BCUT2D eigenvalue weighted by Gasteiger charge is 2.38. The zero-order chi connectivity index (χ0) is 21.1. The zero-order valence-electron chi connectivity index (χ0n) is 17.1. The van der Waals surface area contributed by atoms with E-state index in [-0.39, 0.29) is 41.7 Å². The molecule has 2 heterocycles. The largest absolute Gasteiger partial charge is 0.452 e. The molecule has 9 heteroatoms. The van der Waals surface area contributed by atoms with Crippen LogP contribution in [-0.2, 0) is 19.4 Å². The summed E-state index contributed by atoms with van der Waals surface area (Å²) < 4.78 is 29.2. The number of sulfone groups is 1. The van der Waals surface area contributed by atoms with Crippen molar-refractivity contribution >= 4 is 27.5 Å². The number of anilines is 1. The molecule has 1 unspecified atom stereocenters. The second kappa shape index (κ2) is 8.91. The minimum Gasteiger partial charge on any atom is -0.452 e. The summed E-state index contributed by atoms with van der Waals surface area (Å²) in [5.41, 5.74) is 0.289. The van der Waals surface area contributed by atoms with Crippen LogP contribution in [0.2, 0.25) is 0 Å². The number of hydrogen-bond acceptors (Lipinski definition) is 7. The molecular formula is C21H29N3O5S. The van der Waals surface area contributed by atoms with Crippen LogP contribution in [0.4, 0.5) is 5.82 Å². The van der Waals surface area contributed by atoms with Gasteiger partial charge in [0.1, 0.15) is 5.82 Å². The highest BCUT2D eigenvalue weighted by atomic mass is 32.2. The van der Waals surface area contributed by atoms with E-state index in [1.807, 2.05) is 0 Å². The normalized spacial score (nSPS) is 23.7. The topological polar surface area (TPSA) is 106 Å². The number of esters is 1. The molecule has 0 spiro atoms. The Bertz CT molecular complexity index is 876. The van der Waals surface area contributed by atoms with Gasteiger partial charge in [0.15, 0.2) is 16.4 Å². The monoisotopic (exact) mass is 435 g/mol. The molecule has 0 aromatic carbocycles. The summed E-state index contributed by atoms with van der Waals surface area (Å²) in [6, 6.07) is 3.54. The van der Waals surface area contributed by atoms with Crippen LogP contribution in [0.1, 0.15) is 61.7 Å². The fourth-order valence-corrected chi connectivity index (χ4v) is 6.09. The number of hydrogen-bond donors (Lipinski definition) is 1. The van der Waals surface area contributed by atoms with Crippen LogP contribution in [0.3, 0.4) is 0 Å². The maximum absolute atomic E-state index is 13.0. The van der Waals surface area contributed by atoms with Gasteiger partial charge in [0.25, 0.3) is 5.91 Å². The first-order chi connectivity index (χ1) is 14.4. The first-order valence-corrected chi connectivity index (χ1v) is 12.6. The Morgan fingerprint density at radius 2 is 1.83 bits per heavy atom. The summed E-state index contributed by atoms with van der Waals surface area (Å²) in [5.74, 6) is -0.0755. The molecule has 8 nitrogen and oxygen atoms in total. The van der Waals surface area contributed by atoms with Crippen LogP contribution in [0.5, 0.6) is 0 Å². The van der Waals surface area contributed by atoms with E-state index in [4.69, 9.17) is 4.74 Å². The lowest BCUT2D eigenvalue weighted by Gasteiger charge is -2.38. The number of pyridine rings is 1. The van der Waals surface area contributed by atoms with Crippen molar-refractivity contribution in [3.05, 3.63) is 23.9 Å². The van der Waals surface area contributed by atoms with Gasteiger partial charge in [-0.3, -0.25) is 4.79 Å². The van der Waals surface area contributed by atoms with Crippen molar-refractivity contribution in [2.24, 2.45) is 0 Å². The van der Waals surface area contributed by atoms with Crippen LogP contribution < -0.4 is 5.32 Å². The molecular weight excluding hydrogens is 406 g/mol. The third-order valence-corrected chi connectivity index (χ3v) is 7.86. The summed E-state index contributed by atoms with van der Waals surface area (Å²) in [7, 11) is -3.11. The van der Waals surface area contributed by atoms with Gasteiger partial charge < -0.3 is 15.0 Å². The predicted molar refractivity (Wildman–Crippen MR) is 112 cm³/mol. The molecule has 2 aliphatic carbocycles. The fourth-order valence-electron chi connectivity index (χ4n) is 4.38. The molecule has 3 fully saturated rings. The molecule has 1 N–H and O–H groups in total. The quantitative estimate of drug-likeness (QED) is 0.654. The summed E-state index contributed by atoms with van der Waals surface area (Å²) >= 11 is 0. The van der Waals surface area contributed by atoms with Gasteiger partial charge in [-0.1, -0.05) is 19.3 Å². The Hall–Kier alpha value is -2.16. The number of aromatic nitrogens is 1. The van der Waals surface area contributed by atoms with Gasteiger partial charge in [-0.15, -0.1) is 0 Å². The van der Waals surface area contributed by atoms with Crippen molar-refractivity contribution < 1.29 is 22.7 Å². The molecule has 3 aliphatic rings. The average molecular weight is 436 g/mol. The van der Waals surface area contributed by atoms with Crippen LogP contribution >= 0.6 is 0 Å². The minimum absolute atomic E-state index is 0.00254. The third kappa shape index (κ3) is 5.30. The van der Waals surface area contributed by atoms with Crippen molar-refractivity contribution in [2.45, 2.75) is 69.5 Å². The first kappa shape index (κ1) is 21.1. The Balaban J connectivity index is 1.37. The number of nitrogens with one attached hydrogen (secondary N) is 1. The van der Waals surface area contributed by atoms with Crippen molar-refractivity contribution in [3.63, 3.8) is 0 Å². The second-order valence-corrected chi connectivity index (χ2v) is 10.8. The lowest BCUT2D eigenvalue weighted by Crippen LogP contribution is -2.50. The number of ether oxygens (including phenoxy) is 1. The van der Waals surface area contributed by atoms with Gasteiger partial charge >= 0.3 is 5.97 Å². The second-order valence-electron chi connectivity index (χ2n) is 8.58. The zero-order valence-corrected chi connectivity index (χ0v) is 17.9. The highest BCUT2D eigenvalue weighted by Crippen LogP contribution is 2.28. The molecule has 30 heavy (non-hydrogen) atoms. The summed E-state index contributed by atoms with van der Waals surface area (Å²) in [5, 5.41) is 3.25. The number of carbonyl (C=O) groups is 2. The van der Waals surface area contributed by atoms with E-state index >= 15 is 0 Å². The molecule has 1 aromatic rings. The van der Waals surface area contributed by atoms with Gasteiger partial charge in [0.05, 0.1) is 17.1 Å². The Labute approximate surface area is 177 Å². The van der Waals surface area contributed by atoms with Crippen molar-refractivity contribution in [1.82, 2.24) is 9.88 Å². The van der Waals surface area contributed by atoms with Crippen LogP contribution in [0.15, 0.2) is 18.3 Å². The predicted octanol–water partition coefficient (Wildman–Crippen LogP) is 2.16. The number of rotatable bonds is 7. The Morgan fingerprint density at radius 1 is 1.07 bits per heavy atom. The fraction of sp³-hybridized carbons (Fsp3) is 0.667. The molecule has 1 atom stereocenters. The average Bonchev–Trinajstić information content (AvgIpc) is 3.48. The number of amides is 1. The van der Waals surface area contributed by atoms with Gasteiger partial charge in [-0.25, -0.2) is 18.2 Å². The molecule has 1 aromatic heterocycles. The maximum atomic E-state index is 13.0. The Kier molecular flexibility index (Phi) is 6.26. The molecule has 2 saturated carbocycles. The van der Waals surface area contributed by atoms with E-state index in [2.05, 4.69) is 10.3 Å². The van der Waals surface area contributed by atoms with E-state index in [0.717, 1.165) is 50.8 Å². The van der Waals surface area contributed by atoms with Crippen LogP contribution in [-0.4, -0.2) is 66.4 Å². The molecule has 1 aliphatic heterocycles. The van der Waals surface area contributed by atoms with E-state index in [1.54, 1.807) is 17.0 Å². The summed E-state index contributed by atoms with van der Waals surface area (Å²) in [6.45, 7) is -0.381. The van der Waals surface area contributed by atoms with Gasteiger partial charge in [0.2, 0.25) is 0 Å². The molecule has 164 valence electrons. The van der Waals surface area contributed by atoms with Gasteiger partial charge in [0, 0.05) is 24.3 Å². The van der Waals surface area contributed by atoms with E-state index in [9.17, 15) is 18.0 Å². The number of carbonyl (C=O) groups excluding carboxylic acids is 2. The lowest BCUT2D eigenvalue weighted by molar-refractivity contribution is -0.140. The minimum atomic E-state index is -3.11. The summed E-state index contributed by atoms with van der Waals surface area (Å²) in [6.07, 6.45) is 9.10. The first-order valence-electron chi connectivity index (χ1n) is 10.8. The van der Waals surface area contributed by atoms with E-state index in [0.29, 0.717) is 12.5 Å². The van der Waals surface area contributed by atoms with E-state index in [1.165, 1.54) is 6.20 Å². The van der Waals surface area contributed by atoms with Gasteiger partial charge in [-0.2, -0.15) is 0 Å².